The number of phenolic OH excluding ortho intramolecular Hbond substituents is 1. The molecule has 1 atom stereocenters. The number of amides is 6. The second kappa shape index (κ2) is 16.4. The number of anilines is 2. The highest BCUT2D eigenvalue weighted by atomic mass is 16.6. The van der Waals surface area contributed by atoms with E-state index in [1.54, 1.807) is 13.0 Å². The van der Waals surface area contributed by atoms with E-state index in [1.165, 1.54) is 40.4 Å². The van der Waals surface area contributed by atoms with Gasteiger partial charge < -0.3 is 39.4 Å². The number of fused-ring (bicyclic) bond motifs is 1. The maximum atomic E-state index is 15.3. The van der Waals surface area contributed by atoms with Crippen molar-refractivity contribution in [3.05, 3.63) is 49.3 Å². The van der Waals surface area contributed by atoms with Crippen molar-refractivity contribution in [1.82, 2.24) is 20.4 Å². The van der Waals surface area contributed by atoms with Crippen LogP contribution >= 0.6 is 0 Å². The van der Waals surface area contributed by atoms with Crippen molar-refractivity contribution in [2.75, 3.05) is 84.4 Å². The number of hydrogen-bond acceptors (Lipinski definition) is 17. The van der Waals surface area contributed by atoms with Gasteiger partial charge in [0.25, 0.3) is 0 Å². The Labute approximate surface area is 360 Å². The van der Waals surface area contributed by atoms with Gasteiger partial charge in [-0.15, -0.1) is 0 Å². The van der Waals surface area contributed by atoms with Gasteiger partial charge in [-0.2, -0.15) is 0 Å². The number of phenols is 1. The van der Waals surface area contributed by atoms with Gasteiger partial charge in [-0.1, -0.05) is 11.6 Å². The number of piperazine rings is 2. The van der Waals surface area contributed by atoms with Gasteiger partial charge in [-0.3, -0.25) is 54.0 Å². The molecule has 1 aliphatic carbocycles. The topological polar surface area (TPSA) is 275 Å². The third kappa shape index (κ3) is 6.93. The van der Waals surface area contributed by atoms with Crippen LogP contribution in [-0.2, 0) is 33.4 Å². The van der Waals surface area contributed by atoms with Gasteiger partial charge in [0.05, 0.1) is 43.7 Å². The van der Waals surface area contributed by atoms with Gasteiger partial charge in [-0.25, -0.2) is 9.59 Å². The number of carbonyl (C=O) groups excluding carboxylic acids is 7. The number of carbonyl (C=O) groups is 7. The van der Waals surface area contributed by atoms with Gasteiger partial charge in [0.1, 0.15) is 62.4 Å². The molecule has 21 heteroatoms. The van der Waals surface area contributed by atoms with Gasteiger partial charge in [-0.05, 0) is 19.2 Å². The number of benzene rings is 5. The number of nitrogens with one attached hydrogen (secondary N) is 4. The molecule has 5 aromatic carbocycles. The second-order valence-corrected chi connectivity index (χ2v) is 15.3. The average molecular weight is 881 g/mol. The Hall–Kier alpha value is -7.97. The molecule has 1 unspecified atom stereocenters. The third-order valence-corrected chi connectivity index (χ3v) is 11.4. The van der Waals surface area contributed by atoms with E-state index in [0.29, 0.717) is 27.1 Å². The van der Waals surface area contributed by atoms with E-state index in [2.05, 4.69) is 21.3 Å². The summed E-state index contributed by atoms with van der Waals surface area (Å²) in [7, 11) is 4.04. The number of nitrogens with zero attached hydrogens (tertiary/aromatic N) is 2. The molecule has 2 heterocycles. The molecule has 2 fully saturated rings. The fraction of sp³-hybridized carbons (Fsp3) is 0.326. The third-order valence-electron chi connectivity index (χ3n) is 11.4. The summed E-state index contributed by atoms with van der Waals surface area (Å²) in [4.78, 5) is 119. The summed E-state index contributed by atoms with van der Waals surface area (Å²) in [5.74, 6) is -4.48. The van der Waals surface area contributed by atoms with Crippen LogP contribution in [0.3, 0.4) is 0 Å². The van der Waals surface area contributed by atoms with E-state index in [0.717, 1.165) is 9.80 Å². The minimum absolute atomic E-state index is 0.0203. The Bertz CT molecular complexity index is 3030. The van der Waals surface area contributed by atoms with Crippen LogP contribution < -0.4 is 46.3 Å². The Morgan fingerprint density at radius 1 is 0.672 bits per heavy atom. The smallest absolute Gasteiger partial charge is 0.410 e. The van der Waals surface area contributed by atoms with Gasteiger partial charge in [0.15, 0.2) is 5.75 Å². The van der Waals surface area contributed by atoms with Crippen molar-refractivity contribution in [3.8, 4) is 23.0 Å². The lowest BCUT2D eigenvalue weighted by Gasteiger charge is -2.26. The van der Waals surface area contributed by atoms with E-state index in [9.17, 15) is 43.5 Å². The van der Waals surface area contributed by atoms with E-state index in [1.807, 2.05) is 0 Å². The maximum Gasteiger partial charge on any atom is 0.410 e. The van der Waals surface area contributed by atoms with Crippen LogP contribution in [0.4, 0.5) is 21.0 Å². The fourth-order valence-corrected chi connectivity index (χ4v) is 8.95. The fourth-order valence-electron chi connectivity index (χ4n) is 8.95. The summed E-state index contributed by atoms with van der Waals surface area (Å²) in [5, 5.41) is 23.7. The van der Waals surface area contributed by atoms with Crippen LogP contribution in [0.15, 0.2) is 27.3 Å². The summed E-state index contributed by atoms with van der Waals surface area (Å²) in [6.45, 7) is 0.553. The first-order chi connectivity index (χ1) is 30.6. The number of methoxy groups -OCH3 is 3. The summed E-state index contributed by atoms with van der Waals surface area (Å²) < 4.78 is 28.4. The van der Waals surface area contributed by atoms with Crippen LogP contribution in [0.25, 0.3) is 49.2 Å². The lowest BCUT2D eigenvalue weighted by atomic mass is 9.80. The second-order valence-electron chi connectivity index (χ2n) is 15.3. The van der Waals surface area contributed by atoms with E-state index in [-0.39, 0.29) is 106 Å². The minimum atomic E-state index is -1.08. The molecule has 5 N–H and O–H groups in total. The molecule has 21 nitrogen and oxygen atoms in total. The zero-order valence-corrected chi connectivity index (χ0v) is 35.0. The van der Waals surface area contributed by atoms with Crippen LogP contribution in [0.5, 0.6) is 23.0 Å². The first-order valence-electron chi connectivity index (χ1n) is 19.8. The quantitative estimate of drug-likeness (QED) is 0.0517. The van der Waals surface area contributed by atoms with Gasteiger partial charge in [0.2, 0.25) is 34.5 Å². The zero-order valence-electron chi connectivity index (χ0n) is 35.0. The van der Waals surface area contributed by atoms with Crippen molar-refractivity contribution in [3.63, 3.8) is 0 Å². The highest BCUT2D eigenvalue weighted by Gasteiger charge is 2.37. The number of imide groups is 2. The zero-order chi connectivity index (χ0) is 45.9. The predicted octanol–water partition coefficient (Wildman–Crippen LogP) is 1.73. The summed E-state index contributed by atoms with van der Waals surface area (Å²) in [6, 6.07) is 2.80. The highest BCUT2D eigenvalue weighted by molar-refractivity contribution is 6.40. The Morgan fingerprint density at radius 2 is 1.19 bits per heavy atom. The summed E-state index contributed by atoms with van der Waals surface area (Å²) in [6.07, 6.45) is -0.215. The number of ether oxygens (including phenoxy) is 5. The lowest BCUT2D eigenvalue weighted by molar-refractivity contribution is -0.136. The van der Waals surface area contributed by atoms with Crippen molar-refractivity contribution < 1.29 is 62.4 Å². The molecule has 2 saturated heterocycles. The Kier molecular flexibility index (Phi) is 10.9. The average Bonchev–Trinajstić information content (AvgIpc) is 3.37. The first kappa shape index (κ1) is 42.7. The number of allylic oxidation sites excluding steroid dienone is 1. The number of ketones is 1. The SMILES string of the molecule is COc1c2c3c4c(c(NCCOC(=O)N5CC(=O)NC(=O)C5)c(=O)c5c(NCCOC(=O)N6CC(=O)NC(=O)C6)cc(OC)c(c6c(OC)cc(O)c(c1=O)c63)c54)C=C(C)C2C(C)=O. The number of rotatable bonds is 12. The molecule has 332 valence electrons. The van der Waals surface area contributed by atoms with Gasteiger partial charge in [0, 0.05) is 69.0 Å². The normalized spacial score (nSPS) is 16.2. The van der Waals surface area contributed by atoms with Crippen molar-refractivity contribution in [2.24, 2.45) is 0 Å². The number of Topliss-reactive ketones (excluding diaryl/α,β-unsaturated/α-hetero) is 1. The molecule has 0 aromatic heterocycles. The molecule has 2 aliphatic heterocycles. The van der Waals surface area contributed by atoms with Crippen LogP contribution in [-0.4, -0.2) is 130 Å². The standard InChI is InChI=1S/C43H40N6O15/c1-17-10-19-29-34-30(39(56)38(19)45-7-9-64-43(59)49-15-26(54)47-27(55)16-49)20(44-6-8-63-42(58)48-13-24(52)46-25(53)14-48)11-22(60-3)32(34)33-23(61-4)12-21(51)31-36(33)35(29)37(28(17)18(2)50)41(62-5)40(31)57/h10-12,28,44-45,51H,6-9,13-16H2,1-5H3,(H,46,52,53)(H,47,54,55). The largest absolute Gasteiger partial charge is 0.507 e. The number of aromatic hydroxyl groups is 1. The van der Waals surface area contributed by atoms with Crippen molar-refractivity contribution in [1.29, 1.82) is 0 Å². The molecule has 0 radical (unpaired) electrons. The van der Waals surface area contributed by atoms with Gasteiger partial charge >= 0.3 is 12.2 Å². The molecule has 6 amide bonds. The van der Waals surface area contributed by atoms with Crippen molar-refractivity contribution >= 4 is 102 Å². The molecule has 64 heavy (non-hydrogen) atoms. The molecule has 3 aliphatic rings. The van der Waals surface area contributed by atoms with E-state index >= 15 is 4.79 Å². The molecule has 8 rings (SSSR count). The Morgan fingerprint density at radius 3 is 1.70 bits per heavy atom. The Balaban J connectivity index is 1.35. The lowest BCUT2D eigenvalue weighted by Crippen LogP contribution is -2.53. The van der Waals surface area contributed by atoms with E-state index in [4.69, 9.17) is 23.7 Å². The van der Waals surface area contributed by atoms with E-state index < -0.39 is 71.4 Å². The minimum Gasteiger partial charge on any atom is -0.507 e. The predicted molar refractivity (Wildman–Crippen MR) is 229 cm³/mol. The molecule has 0 spiro atoms. The monoisotopic (exact) mass is 880 g/mol. The van der Waals surface area contributed by atoms with Crippen LogP contribution in [0, 0.1) is 0 Å². The molecule has 0 bridgehead atoms. The molecule has 0 saturated carbocycles. The maximum absolute atomic E-state index is 15.3. The summed E-state index contributed by atoms with van der Waals surface area (Å²) in [5.41, 5.74) is -0.227. The highest BCUT2D eigenvalue weighted by Crippen LogP contribution is 2.55. The summed E-state index contributed by atoms with van der Waals surface area (Å²) >= 11 is 0. The molecular formula is C43H40N6O15. The van der Waals surface area contributed by atoms with Crippen LogP contribution in [0.1, 0.15) is 30.9 Å². The molecule has 5 aromatic rings. The first-order valence-corrected chi connectivity index (χ1v) is 19.8. The van der Waals surface area contributed by atoms with Crippen molar-refractivity contribution in [2.45, 2.75) is 19.8 Å². The number of hydrogen-bond donors (Lipinski definition) is 5. The van der Waals surface area contributed by atoms with Crippen LogP contribution in [0.2, 0.25) is 0 Å². The molecular weight excluding hydrogens is 840 g/mol.